The number of nitrogens with one attached hydrogen (secondary N) is 1. The van der Waals surface area contributed by atoms with Crippen LogP contribution in [0.2, 0.25) is 0 Å². The number of benzene rings is 2. The molecule has 0 radical (unpaired) electrons. The van der Waals surface area contributed by atoms with E-state index in [4.69, 9.17) is 4.74 Å². The molecule has 0 aliphatic heterocycles. The van der Waals surface area contributed by atoms with Crippen molar-refractivity contribution in [2.75, 3.05) is 7.11 Å². The van der Waals surface area contributed by atoms with Crippen LogP contribution in [0.4, 0.5) is 0 Å². The quantitative estimate of drug-likeness (QED) is 0.850. The molecule has 2 aromatic rings. The maximum Gasteiger partial charge on any atom is 0.251 e. The maximum atomic E-state index is 12.1. The Morgan fingerprint density at radius 2 is 1.90 bits per heavy atom. The van der Waals surface area contributed by atoms with E-state index in [2.05, 4.69) is 21.2 Å². The fourth-order valence-electron chi connectivity index (χ4n) is 1.86. The Morgan fingerprint density at radius 3 is 2.65 bits per heavy atom. The number of rotatable bonds is 5. The largest absolute Gasteiger partial charge is 0.497 e. The average Bonchev–Trinajstić information content (AvgIpc) is 2.52. The molecule has 0 heterocycles. The lowest BCUT2D eigenvalue weighted by atomic mass is 10.1. The SMILES string of the molecule is COc1cccc(CNC(=O)c2cccc(CBr)c2)c1. The van der Waals surface area contributed by atoms with Gasteiger partial charge in [-0.15, -0.1) is 0 Å². The number of ether oxygens (including phenoxy) is 1. The molecule has 0 aliphatic rings. The van der Waals surface area contributed by atoms with Crippen molar-refractivity contribution < 1.29 is 9.53 Å². The number of hydrogen-bond acceptors (Lipinski definition) is 2. The van der Waals surface area contributed by atoms with Crippen molar-refractivity contribution >= 4 is 21.8 Å². The Kier molecular flexibility index (Phi) is 5.18. The summed E-state index contributed by atoms with van der Waals surface area (Å²) >= 11 is 3.39. The zero-order valence-electron chi connectivity index (χ0n) is 11.2. The van der Waals surface area contributed by atoms with E-state index in [0.29, 0.717) is 12.1 Å². The van der Waals surface area contributed by atoms with Crippen LogP contribution in [-0.2, 0) is 11.9 Å². The molecule has 0 aliphatic carbocycles. The van der Waals surface area contributed by atoms with E-state index in [0.717, 1.165) is 22.2 Å². The first-order valence-electron chi connectivity index (χ1n) is 6.29. The molecule has 1 amide bonds. The number of carbonyl (C=O) groups excluding carboxylic acids is 1. The summed E-state index contributed by atoms with van der Waals surface area (Å²) < 4.78 is 5.16. The average molecular weight is 334 g/mol. The van der Waals surface area contributed by atoms with E-state index < -0.39 is 0 Å². The van der Waals surface area contributed by atoms with Gasteiger partial charge in [0, 0.05) is 17.4 Å². The Hall–Kier alpha value is -1.81. The summed E-state index contributed by atoms with van der Waals surface area (Å²) in [6.45, 7) is 0.481. The molecule has 0 unspecified atom stereocenters. The first-order valence-corrected chi connectivity index (χ1v) is 7.41. The van der Waals surface area contributed by atoms with E-state index in [-0.39, 0.29) is 5.91 Å². The molecule has 3 nitrogen and oxygen atoms in total. The summed E-state index contributed by atoms with van der Waals surface area (Å²) in [5.74, 6) is 0.716. The predicted molar refractivity (Wildman–Crippen MR) is 83.2 cm³/mol. The molecule has 4 heteroatoms. The Balaban J connectivity index is 2.00. The first kappa shape index (κ1) is 14.6. The van der Waals surface area contributed by atoms with Gasteiger partial charge in [-0.25, -0.2) is 0 Å². The zero-order valence-corrected chi connectivity index (χ0v) is 12.8. The van der Waals surface area contributed by atoms with E-state index >= 15 is 0 Å². The maximum absolute atomic E-state index is 12.1. The van der Waals surface area contributed by atoms with Gasteiger partial charge < -0.3 is 10.1 Å². The minimum absolute atomic E-state index is 0.0735. The molecular formula is C16H16BrNO2. The molecule has 0 bridgehead atoms. The van der Waals surface area contributed by atoms with Gasteiger partial charge in [0.1, 0.15) is 5.75 Å². The van der Waals surface area contributed by atoms with Gasteiger partial charge in [0.25, 0.3) is 5.91 Å². The van der Waals surface area contributed by atoms with Crippen molar-refractivity contribution in [1.29, 1.82) is 0 Å². The van der Waals surface area contributed by atoms with Crippen LogP contribution in [0.1, 0.15) is 21.5 Å². The highest BCUT2D eigenvalue weighted by Crippen LogP contribution is 2.13. The molecule has 0 saturated carbocycles. The van der Waals surface area contributed by atoms with Crippen LogP contribution >= 0.6 is 15.9 Å². The molecule has 0 aromatic heterocycles. The Bertz CT molecular complexity index is 599. The predicted octanol–water partition coefficient (Wildman–Crippen LogP) is 3.52. The molecule has 1 N–H and O–H groups in total. The minimum Gasteiger partial charge on any atom is -0.497 e. The minimum atomic E-state index is -0.0735. The van der Waals surface area contributed by atoms with Crippen molar-refractivity contribution in [2.45, 2.75) is 11.9 Å². The van der Waals surface area contributed by atoms with Crippen LogP contribution in [0.25, 0.3) is 0 Å². The molecule has 0 spiro atoms. The fourth-order valence-corrected chi connectivity index (χ4v) is 2.21. The molecular weight excluding hydrogens is 318 g/mol. The van der Waals surface area contributed by atoms with E-state index in [1.165, 1.54) is 0 Å². The van der Waals surface area contributed by atoms with Crippen LogP contribution in [0.5, 0.6) is 5.75 Å². The van der Waals surface area contributed by atoms with Crippen LogP contribution in [0.15, 0.2) is 48.5 Å². The number of hydrogen-bond donors (Lipinski definition) is 1. The van der Waals surface area contributed by atoms with Crippen molar-refractivity contribution in [2.24, 2.45) is 0 Å². The summed E-state index contributed by atoms with van der Waals surface area (Å²) in [5, 5.41) is 3.65. The number of methoxy groups -OCH3 is 1. The smallest absolute Gasteiger partial charge is 0.251 e. The van der Waals surface area contributed by atoms with Gasteiger partial charge in [-0.05, 0) is 35.4 Å². The van der Waals surface area contributed by atoms with Crippen LogP contribution in [-0.4, -0.2) is 13.0 Å². The third-order valence-electron chi connectivity index (χ3n) is 2.93. The third kappa shape index (κ3) is 3.84. The van der Waals surface area contributed by atoms with E-state index in [9.17, 15) is 4.79 Å². The van der Waals surface area contributed by atoms with Gasteiger partial charge in [0.05, 0.1) is 7.11 Å². The lowest BCUT2D eigenvalue weighted by molar-refractivity contribution is 0.0951. The highest BCUT2D eigenvalue weighted by Gasteiger charge is 2.06. The Morgan fingerprint density at radius 1 is 1.15 bits per heavy atom. The van der Waals surface area contributed by atoms with E-state index in [1.807, 2.05) is 48.5 Å². The molecule has 20 heavy (non-hydrogen) atoms. The Labute approximate surface area is 127 Å². The monoisotopic (exact) mass is 333 g/mol. The van der Waals surface area contributed by atoms with Gasteiger partial charge in [-0.2, -0.15) is 0 Å². The van der Waals surface area contributed by atoms with E-state index in [1.54, 1.807) is 7.11 Å². The standard InChI is InChI=1S/C16H16BrNO2/c1-20-15-7-3-5-13(9-15)11-18-16(19)14-6-2-4-12(8-14)10-17/h2-9H,10-11H2,1H3,(H,18,19). The summed E-state index contributed by atoms with van der Waals surface area (Å²) in [5.41, 5.74) is 2.76. The summed E-state index contributed by atoms with van der Waals surface area (Å²) in [4.78, 5) is 12.1. The summed E-state index contributed by atoms with van der Waals surface area (Å²) in [6.07, 6.45) is 0. The summed E-state index contributed by atoms with van der Waals surface area (Å²) in [6, 6.07) is 15.2. The number of alkyl halides is 1. The molecule has 104 valence electrons. The number of carbonyl (C=O) groups is 1. The van der Waals surface area contributed by atoms with Crippen molar-refractivity contribution in [3.8, 4) is 5.75 Å². The molecule has 0 atom stereocenters. The normalized spacial score (nSPS) is 10.1. The highest BCUT2D eigenvalue weighted by atomic mass is 79.9. The van der Waals surface area contributed by atoms with Gasteiger partial charge in [0.2, 0.25) is 0 Å². The van der Waals surface area contributed by atoms with Crippen LogP contribution < -0.4 is 10.1 Å². The lowest BCUT2D eigenvalue weighted by Gasteiger charge is -2.07. The van der Waals surface area contributed by atoms with Crippen LogP contribution in [0, 0.1) is 0 Å². The topological polar surface area (TPSA) is 38.3 Å². The molecule has 0 saturated heterocycles. The summed E-state index contributed by atoms with van der Waals surface area (Å²) in [7, 11) is 1.63. The second kappa shape index (κ2) is 7.10. The molecule has 2 rings (SSSR count). The van der Waals surface area contributed by atoms with Crippen molar-refractivity contribution in [1.82, 2.24) is 5.32 Å². The third-order valence-corrected chi connectivity index (χ3v) is 3.58. The lowest BCUT2D eigenvalue weighted by Crippen LogP contribution is -2.22. The van der Waals surface area contributed by atoms with Crippen molar-refractivity contribution in [3.05, 3.63) is 65.2 Å². The zero-order chi connectivity index (χ0) is 14.4. The highest BCUT2D eigenvalue weighted by molar-refractivity contribution is 9.08. The van der Waals surface area contributed by atoms with Crippen LogP contribution in [0.3, 0.4) is 0 Å². The number of amides is 1. The van der Waals surface area contributed by atoms with Gasteiger partial charge >= 0.3 is 0 Å². The molecule has 0 fully saturated rings. The first-order chi connectivity index (χ1) is 9.72. The second-order valence-electron chi connectivity index (χ2n) is 4.37. The van der Waals surface area contributed by atoms with Gasteiger partial charge in [-0.1, -0.05) is 40.2 Å². The molecule has 2 aromatic carbocycles. The second-order valence-corrected chi connectivity index (χ2v) is 4.93. The van der Waals surface area contributed by atoms with Gasteiger partial charge in [0.15, 0.2) is 0 Å². The number of halogens is 1. The van der Waals surface area contributed by atoms with Gasteiger partial charge in [-0.3, -0.25) is 4.79 Å². The fraction of sp³-hybridized carbons (Fsp3) is 0.188. The van der Waals surface area contributed by atoms with Crippen molar-refractivity contribution in [3.63, 3.8) is 0 Å².